The fourth-order valence-corrected chi connectivity index (χ4v) is 5.36. The van der Waals surface area contributed by atoms with Crippen LogP contribution in [0.15, 0.2) is 53.6 Å². The summed E-state index contributed by atoms with van der Waals surface area (Å²) in [5, 5.41) is 2.70. The number of amides is 1. The van der Waals surface area contributed by atoms with Gasteiger partial charge < -0.3 is 4.74 Å². The summed E-state index contributed by atoms with van der Waals surface area (Å²) in [5.41, 5.74) is 0.162. The third kappa shape index (κ3) is 4.75. The Balaban J connectivity index is 1.69. The minimum absolute atomic E-state index is 0.0204. The minimum Gasteiger partial charge on any atom is -0.473 e. The Morgan fingerprint density at radius 3 is 2.62 bits per heavy atom. The van der Waals surface area contributed by atoms with E-state index in [1.54, 1.807) is 0 Å². The molecule has 1 aliphatic rings. The van der Waals surface area contributed by atoms with Gasteiger partial charge in [-0.25, -0.2) is 22.2 Å². The molecule has 1 saturated heterocycles. The van der Waals surface area contributed by atoms with Gasteiger partial charge in [-0.15, -0.1) is 0 Å². The highest BCUT2D eigenvalue weighted by Gasteiger charge is 2.31. The van der Waals surface area contributed by atoms with Crippen LogP contribution in [0.3, 0.4) is 0 Å². The molecule has 0 aliphatic carbocycles. The number of benzene rings is 2. The topological polar surface area (TPSA) is 88.6 Å². The fourth-order valence-electron chi connectivity index (χ4n) is 2.97. The van der Waals surface area contributed by atoms with Gasteiger partial charge in [-0.1, -0.05) is 35.1 Å². The number of hydrogen-bond acceptors (Lipinski definition) is 6. The second-order valence-corrected chi connectivity index (χ2v) is 10.5. The quantitative estimate of drug-likeness (QED) is 0.525. The van der Waals surface area contributed by atoms with Crippen LogP contribution in [0.2, 0.25) is 4.34 Å². The molecule has 7 nitrogen and oxygen atoms in total. The van der Waals surface area contributed by atoms with Gasteiger partial charge in [-0.3, -0.25) is 10.1 Å². The summed E-state index contributed by atoms with van der Waals surface area (Å²) < 4.78 is 60.3. The van der Waals surface area contributed by atoms with E-state index >= 15 is 0 Å². The van der Waals surface area contributed by atoms with Crippen molar-refractivity contribution in [3.8, 4) is 5.75 Å². The van der Waals surface area contributed by atoms with E-state index in [0.29, 0.717) is 23.5 Å². The van der Waals surface area contributed by atoms with Gasteiger partial charge in [0.1, 0.15) is 10.2 Å². The van der Waals surface area contributed by atoms with E-state index < -0.39 is 33.7 Å². The minimum atomic E-state index is -3.73. The van der Waals surface area contributed by atoms with Gasteiger partial charge in [-0.05, 0) is 30.7 Å². The molecule has 1 amide bonds. The molecule has 2 heterocycles. The molecular formula is C20H16ClF2N3O4S2. The first-order valence-corrected chi connectivity index (χ1v) is 12.0. The highest BCUT2D eigenvalue weighted by molar-refractivity contribution is 7.89. The van der Waals surface area contributed by atoms with E-state index in [2.05, 4.69) is 10.3 Å². The summed E-state index contributed by atoms with van der Waals surface area (Å²) >= 11 is 6.85. The van der Waals surface area contributed by atoms with Crippen LogP contribution in [0, 0.1) is 11.6 Å². The van der Waals surface area contributed by atoms with Crippen molar-refractivity contribution >= 4 is 44.0 Å². The molecule has 3 aromatic rings. The molecule has 12 heteroatoms. The molecule has 1 unspecified atom stereocenters. The Morgan fingerprint density at radius 2 is 2.00 bits per heavy atom. The van der Waals surface area contributed by atoms with Gasteiger partial charge in [0.25, 0.3) is 5.91 Å². The van der Waals surface area contributed by atoms with Crippen LogP contribution in [-0.2, 0) is 14.8 Å². The summed E-state index contributed by atoms with van der Waals surface area (Å²) in [6, 6.07) is 8.31. The standard InChI is InChI=1S/C20H16ClF2N3O4S2/c21-17-11-24-20(31-17)25-19(27)18(30-16-6-5-13(22)10-15(16)23)12-3-1-4-14(9-12)32(28,29)26-7-2-8-26/h1,3-6,9-11,18H,2,7-8H2,(H,24,25,27). The van der Waals surface area contributed by atoms with Crippen molar-refractivity contribution in [1.29, 1.82) is 0 Å². The first-order valence-electron chi connectivity index (χ1n) is 9.38. The smallest absolute Gasteiger partial charge is 0.271 e. The largest absolute Gasteiger partial charge is 0.473 e. The SMILES string of the molecule is O=C(Nc1ncc(Cl)s1)C(Oc1ccc(F)cc1F)c1cccc(S(=O)(=O)N2CCC2)c1. The Hall–Kier alpha value is -2.60. The van der Waals surface area contributed by atoms with E-state index in [0.717, 1.165) is 29.9 Å². The third-order valence-electron chi connectivity index (χ3n) is 4.70. The molecule has 0 saturated carbocycles. The number of aromatic nitrogens is 1. The lowest BCUT2D eigenvalue weighted by molar-refractivity contribution is -0.123. The van der Waals surface area contributed by atoms with Gasteiger partial charge in [0.05, 0.1) is 11.1 Å². The van der Waals surface area contributed by atoms with Crippen molar-refractivity contribution in [1.82, 2.24) is 9.29 Å². The number of rotatable bonds is 7. The van der Waals surface area contributed by atoms with Gasteiger partial charge >= 0.3 is 0 Å². The highest BCUT2D eigenvalue weighted by atomic mass is 35.5. The van der Waals surface area contributed by atoms with E-state index in [9.17, 15) is 22.0 Å². The lowest BCUT2D eigenvalue weighted by Crippen LogP contribution is -2.41. The maximum atomic E-state index is 14.2. The van der Waals surface area contributed by atoms with Crippen LogP contribution >= 0.6 is 22.9 Å². The van der Waals surface area contributed by atoms with Crippen LogP contribution in [0.5, 0.6) is 5.75 Å². The van der Waals surface area contributed by atoms with Gasteiger partial charge in [0.2, 0.25) is 16.1 Å². The molecule has 1 N–H and O–H groups in total. The Morgan fingerprint density at radius 1 is 1.22 bits per heavy atom. The van der Waals surface area contributed by atoms with Gasteiger partial charge in [-0.2, -0.15) is 4.31 Å². The molecule has 168 valence electrons. The van der Waals surface area contributed by atoms with Crippen molar-refractivity contribution in [3.63, 3.8) is 0 Å². The molecule has 0 spiro atoms. The lowest BCUT2D eigenvalue weighted by Gasteiger charge is -2.30. The monoisotopic (exact) mass is 499 g/mol. The van der Waals surface area contributed by atoms with Gasteiger partial charge in [0.15, 0.2) is 16.7 Å². The van der Waals surface area contributed by atoms with E-state index in [1.165, 1.54) is 34.8 Å². The molecule has 4 rings (SSSR count). The first kappa shape index (κ1) is 22.6. The number of nitrogens with zero attached hydrogens (tertiary/aromatic N) is 2. The van der Waals surface area contributed by atoms with E-state index in [1.807, 2.05) is 0 Å². The van der Waals surface area contributed by atoms with Gasteiger partial charge in [0, 0.05) is 24.7 Å². The summed E-state index contributed by atoms with van der Waals surface area (Å²) in [4.78, 5) is 16.9. The first-order chi connectivity index (χ1) is 15.2. The molecule has 1 aromatic heterocycles. The molecule has 2 aromatic carbocycles. The summed E-state index contributed by atoms with van der Waals surface area (Å²) in [7, 11) is -3.73. The molecule has 0 radical (unpaired) electrons. The number of carbonyl (C=O) groups is 1. The van der Waals surface area contributed by atoms with Crippen LogP contribution in [0.1, 0.15) is 18.1 Å². The van der Waals surface area contributed by atoms with Crippen molar-refractivity contribution in [3.05, 3.63) is 70.2 Å². The van der Waals surface area contributed by atoms with Crippen LogP contribution in [0.25, 0.3) is 0 Å². The zero-order valence-corrected chi connectivity index (χ0v) is 18.7. The molecular weight excluding hydrogens is 484 g/mol. The van der Waals surface area contributed by atoms with E-state index in [4.69, 9.17) is 16.3 Å². The zero-order chi connectivity index (χ0) is 22.9. The number of ether oxygens (including phenoxy) is 1. The number of thiazole rings is 1. The summed E-state index contributed by atoms with van der Waals surface area (Å²) in [6.07, 6.45) is 0.661. The third-order valence-corrected chi connectivity index (χ3v) is 7.62. The Bertz CT molecular complexity index is 1270. The van der Waals surface area contributed by atoms with Crippen molar-refractivity contribution in [2.45, 2.75) is 17.4 Å². The number of anilines is 1. The number of hydrogen-bond donors (Lipinski definition) is 1. The highest BCUT2D eigenvalue weighted by Crippen LogP contribution is 2.30. The average molecular weight is 500 g/mol. The Labute approximate surface area is 191 Å². The number of nitrogens with one attached hydrogen (secondary N) is 1. The zero-order valence-electron chi connectivity index (χ0n) is 16.3. The predicted molar refractivity (Wildman–Crippen MR) is 115 cm³/mol. The molecule has 1 atom stereocenters. The second kappa shape index (κ2) is 9.10. The maximum Gasteiger partial charge on any atom is 0.271 e. The van der Waals surface area contributed by atoms with Crippen molar-refractivity contribution in [2.75, 3.05) is 18.4 Å². The number of sulfonamides is 1. The average Bonchev–Trinajstić information content (AvgIpc) is 3.10. The molecule has 1 aliphatic heterocycles. The molecule has 0 bridgehead atoms. The number of carbonyl (C=O) groups excluding carboxylic acids is 1. The summed E-state index contributed by atoms with van der Waals surface area (Å²) in [5.74, 6) is -2.93. The predicted octanol–water partition coefficient (Wildman–Crippen LogP) is 4.23. The molecule has 1 fully saturated rings. The van der Waals surface area contributed by atoms with E-state index in [-0.39, 0.29) is 21.3 Å². The van der Waals surface area contributed by atoms with Crippen LogP contribution in [0.4, 0.5) is 13.9 Å². The maximum absolute atomic E-state index is 14.2. The van der Waals surface area contributed by atoms with Crippen LogP contribution in [-0.4, -0.2) is 36.7 Å². The summed E-state index contributed by atoms with van der Waals surface area (Å²) in [6.45, 7) is 0.831. The van der Waals surface area contributed by atoms with Crippen LogP contribution < -0.4 is 10.1 Å². The van der Waals surface area contributed by atoms with Crippen molar-refractivity contribution < 1.29 is 26.7 Å². The normalized spacial score (nSPS) is 15.1. The molecule has 32 heavy (non-hydrogen) atoms. The second-order valence-electron chi connectivity index (χ2n) is 6.86. The lowest BCUT2D eigenvalue weighted by atomic mass is 10.1. The number of halogens is 3. The van der Waals surface area contributed by atoms with Crippen molar-refractivity contribution in [2.24, 2.45) is 0 Å². The Kier molecular flexibility index (Phi) is 6.42. The fraction of sp³-hybridized carbons (Fsp3) is 0.200.